The lowest BCUT2D eigenvalue weighted by Gasteiger charge is -2.16. The van der Waals surface area contributed by atoms with Gasteiger partial charge in [-0.25, -0.2) is 4.98 Å². The van der Waals surface area contributed by atoms with Gasteiger partial charge in [-0.3, -0.25) is 14.2 Å². The molecule has 2 heterocycles. The van der Waals surface area contributed by atoms with E-state index >= 15 is 0 Å². The van der Waals surface area contributed by atoms with E-state index < -0.39 is 0 Å². The summed E-state index contributed by atoms with van der Waals surface area (Å²) in [5.74, 6) is -0.102. The first kappa shape index (κ1) is 11.4. The second kappa shape index (κ2) is 4.53. The molecule has 1 aromatic heterocycles. The minimum absolute atomic E-state index is 0.0725. The Hall–Kier alpha value is -1.69. The van der Waals surface area contributed by atoms with Crippen LogP contribution in [0.2, 0.25) is 0 Å². The third-order valence-corrected chi connectivity index (χ3v) is 3.32. The highest BCUT2D eigenvalue weighted by atomic mass is 16.2. The second-order valence-corrected chi connectivity index (χ2v) is 4.87. The molecule has 2 N–H and O–H groups in total. The van der Waals surface area contributed by atoms with Crippen LogP contribution in [0.3, 0.4) is 0 Å². The van der Waals surface area contributed by atoms with Crippen LogP contribution in [0.1, 0.15) is 24.1 Å². The van der Waals surface area contributed by atoms with Gasteiger partial charge in [-0.15, -0.1) is 0 Å². The summed E-state index contributed by atoms with van der Waals surface area (Å²) in [6, 6.07) is 0.322. The lowest BCUT2D eigenvalue weighted by atomic mass is 10.1. The molecule has 1 aliphatic carbocycles. The summed E-state index contributed by atoms with van der Waals surface area (Å²) in [5, 5.41) is 6.04. The second-order valence-electron chi connectivity index (χ2n) is 4.87. The van der Waals surface area contributed by atoms with Crippen molar-refractivity contribution >= 4 is 5.91 Å². The van der Waals surface area contributed by atoms with Crippen molar-refractivity contribution in [3.63, 3.8) is 0 Å². The number of nitrogens with zero attached hydrogens (tertiary/aromatic N) is 2. The number of amides is 1. The van der Waals surface area contributed by atoms with Crippen LogP contribution < -0.4 is 16.2 Å². The van der Waals surface area contributed by atoms with E-state index in [9.17, 15) is 9.59 Å². The van der Waals surface area contributed by atoms with Gasteiger partial charge < -0.3 is 10.6 Å². The van der Waals surface area contributed by atoms with Gasteiger partial charge in [-0.1, -0.05) is 0 Å². The van der Waals surface area contributed by atoms with E-state index in [2.05, 4.69) is 15.6 Å². The first-order valence-corrected chi connectivity index (χ1v) is 6.31. The Morgan fingerprint density at radius 1 is 1.56 bits per heavy atom. The fourth-order valence-corrected chi connectivity index (χ4v) is 2.16. The Balaban J connectivity index is 1.79. The smallest absolute Gasteiger partial charge is 0.257 e. The van der Waals surface area contributed by atoms with Crippen LogP contribution >= 0.6 is 0 Å². The summed E-state index contributed by atoms with van der Waals surface area (Å²) in [4.78, 5) is 28.1. The molecule has 1 amide bonds. The fourth-order valence-electron chi connectivity index (χ4n) is 2.16. The van der Waals surface area contributed by atoms with E-state index in [-0.39, 0.29) is 18.0 Å². The number of fused-ring (bicyclic) bond motifs is 1. The molecule has 3 rings (SSSR count). The highest BCUT2D eigenvalue weighted by Crippen LogP contribution is 2.18. The van der Waals surface area contributed by atoms with Crippen molar-refractivity contribution < 1.29 is 4.79 Å². The van der Waals surface area contributed by atoms with Gasteiger partial charge in [-0.05, 0) is 25.8 Å². The van der Waals surface area contributed by atoms with Gasteiger partial charge >= 0.3 is 0 Å². The lowest BCUT2D eigenvalue weighted by Crippen LogP contribution is -2.38. The molecule has 0 unspecified atom stereocenters. The largest absolute Gasteiger partial charge is 0.352 e. The summed E-state index contributed by atoms with van der Waals surface area (Å²) in [5.41, 5.74) is 1.48. The van der Waals surface area contributed by atoms with Crippen LogP contribution in [0.4, 0.5) is 0 Å². The van der Waals surface area contributed by atoms with Gasteiger partial charge in [0.1, 0.15) is 6.54 Å². The number of hydrogen-bond donors (Lipinski definition) is 2. The zero-order valence-corrected chi connectivity index (χ0v) is 10.1. The van der Waals surface area contributed by atoms with Crippen molar-refractivity contribution in [3.8, 4) is 0 Å². The van der Waals surface area contributed by atoms with Crippen molar-refractivity contribution in [2.45, 2.75) is 38.4 Å². The van der Waals surface area contributed by atoms with Gasteiger partial charge in [0.15, 0.2) is 0 Å². The molecule has 6 heteroatoms. The van der Waals surface area contributed by atoms with Crippen LogP contribution in [0.25, 0.3) is 0 Å². The molecule has 1 saturated carbocycles. The number of hydrogen-bond acceptors (Lipinski definition) is 4. The van der Waals surface area contributed by atoms with E-state index in [1.165, 1.54) is 10.9 Å². The lowest BCUT2D eigenvalue weighted by molar-refractivity contribution is -0.121. The molecule has 0 radical (unpaired) electrons. The molecule has 96 valence electrons. The average Bonchev–Trinajstić information content (AvgIpc) is 3.17. The highest BCUT2D eigenvalue weighted by molar-refractivity contribution is 5.76. The SMILES string of the molecule is O=C(Cn1cnc2c(c1=O)CCNC2)NC1CC1. The van der Waals surface area contributed by atoms with Crippen molar-refractivity contribution in [3.05, 3.63) is 27.9 Å². The summed E-state index contributed by atoms with van der Waals surface area (Å²) >= 11 is 0. The Bertz CT molecular complexity index is 533. The van der Waals surface area contributed by atoms with E-state index in [0.29, 0.717) is 19.0 Å². The number of aromatic nitrogens is 2. The molecular formula is C12H16N4O2. The standard InChI is InChI=1S/C12H16N4O2/c17-11(15-8-1-2-8)6-16-7-14-10-5-13-4-3-9(10)12(16)18/h7-8,13H,1-6H2,(H,15,17). The summed E-state index contributed by atoms with van der Waals surface area (Å²) < 4.78 is 1.40. The Morgan fingerprint density at radius 2 is 2.39 bits per heavy atom. The van der Waals surface area contributed by atoms with Crippen LogP contribution in [-0.2, 0) is 24.3 Å². The van der Waals surface area contributed by atoms with Crippen molar-refractivity contribution in [2.24, 2.45) is 0 Å². The molecule has 0 spiro atoms. The first-order valence-electron chi connectivity index (χ1n) is 6.31. The van der Waals surface area contributed by atoms with Gasteiger partial charge in [0, 0.05) is 18.2 Å². The van der Waals surface area contributed by atoms with E-state index in [0.717, 1.165) is 30.6 Å². The van der Waals surface area contributed by atoms with Gasteiger partial charge in [-0.2, -0.15) is 0 Å². The molecule has 2 aliphatic rings. The maximum Gasteiger partial charge on any atom is 0.257 e. The van der Waals surface area contributed by atoms with Crippen LogP contribution in [0.15, 0.2) is 11.1 Å². The summed E-state index contributed by atoms with van der Waals surface area (Å²) in [7, 11) is 0. The molecular weight excluding hydrogens is 232 g/mol. The number of nitrogens with one attached hydrogen (secondary N) is 2. The maximum absolute atomic E-state index is 12.2. The average molecular weight is 248 g/mol. The zero-order chi connectivity index (χ0) is 12.5. The van der Waals surface area contributed by atoms with Crippen LogP contribution in [0.5, 0.6) is 0 Å². The maximum atomic E-state index is 12.2. The molecule has 6 nitrogen and oxygen atoms in total. The topological polar surface area (TPSA) is 76.0 Å². The normalized spacial score (nSPS) is 18.2. The quantitative estimate of drug-likeness (QED) is 0.732. The van der Waals surface area contributed by atoms with Crippen molar-refractivity contribution in [1.82, 2.24) is 20.2 Å². The number of carbonyl (C=O) groups is 1. The van der Waals surface area contributed by atoms with Gasteiger partial charge in [0.05, 0.1) is 12.0 Å². The summed E-state index contributed by atoms with van der Waals surface area (Å²) in [6.45, 7) is 1.50. The van der Waals surface area contributed by atoms with Gasteiger partial charge in [0.2, 0.25) is 5.91 Å². The first-order chi connectivity index (χ1) is 8.74. The third-order valence-electron chi connectivity index (χ3n) is 3.32. The van der Waals surface area contributed by atoms with E-state index in [1.54, 1.807) is 0 Å². The minimum atomic E-state index is -0.102. The predicted molar refractivity (Wildman–Crippen MR) is 65.1 cm³/mol. The molecule has 0 bridgehead atoms. The van der Waals surface area contributed by atoms with Gasteiger partial charge in [0.25, 0.3) is 5.56 Å². The molecule has 18 heavy (non-hydrogen) atoms. The predicted octanol–water partition coefficient (Wildman–Crippen LogP) is -0.832. The van der Waals surface area contributed by atoms with Crippen molar-refractivity contribution in [2.75, 3.05) is 6.54 Å². The van der Waals surface area contributed by atoms with E-state index in [4.69, 9.17) is 0 Å². The molecule has 1 aromatic rings. The summed E-state index contributed by atoms with van der Waals surface area (Å²) in [6.07, 6.45) is 4.26. The Kier molecular flexibility index (Phi) is 2.87. The number of rotatable bonds is 3. The monoisotopic (exact) mass is 248 g/mol. The van der Waals surface area contributed by atoms with Crippen molar-refractivity contribution in [1.29, 1.82) is 0 Å². The molecule has 1 aliphatic heterocycles. The zero-order valence-electron chi connectivity index (χ0n) is 10.1. The minimum Gasteiger partial charge on any atom is -0.352 e. The molecule has 0 atom stereocenters. The highest BCUT2D eigenvalue weighted by Gasteiger charge is 2.23. The molecule has 0 aromatic carbocycles. The Labute approximate surface area is 104 Å². The fraction of sp³-hybridized carbons (Fsp3) is 0.583. The van der Waals surface area contributed by atoms with Crippen LogP contribution in [-0.4, -0.2) is 28.0 Å². The molecule has 1 fully saturated rings. The Morgan fingerprint density at radius 3 is 3.17 bits per heavy atom. The van der Waals surface area contributed by atoms with Crippen LogP contribution in [0, 0.1) is 0 Å². The number of carbonyl (C=O) groups excluding carboxylic acids is 1. The molecule has 0 saturated heterocycles. The third kappa shape index (κ3) is 2.28. The van der Waals surface area contributed by atoms with E-state index in [1.807, 2.05) is 0 Å².